The molecule has 8 nitrogen and oxygen atoms in total. The van der Waals surface area contributed by atoms with Gasteiger partial charge in [0.25, 0.3) is 0 Å². The van der Waals surface area contributed by atoms with Crippen molar-refractivity contribution in [2.45, 2.75) is 50.7 Å². The Morgan fingerprint density at radius 3 is 2.09 bits per heavy atom. The molecule has 2 heterocycles. The van der Waals surface area contributed by atoms with E-state index in [1.165, 1.54) is 37.7 Å². The number of piperazine rings is 1. The van der Waals surface area contributed by atoms with Gasteiger partial charge >= 0.3 is 0 Å². The van der Waals surface area contributed by atoms with Gasteiger partial charge in [-0.1, -0.05) is 43.5 Å². The number of benzene rings is 2. The van der Waals surface area contributed by atoms with E-state index in [4.69, 9.17) is 9.47 Å². The molecule has 3 aromatic rings. The van der Waals surface area contributed by atoms with E-state index < -0.39 is 0 Å². The molecule has 0 spiro atoms. The molecule has 2 fully saturated rings. The van der Waals surface area contributed by atoms with Crippen LogP contribution in [0.5, 0.6) is 11.5 Å². The molecule has 1 aliphatic heterocycles. The highest BCUT2D eigenvalue weighted by Crippen LogP contribution is 2.31. The molecule has 0 radical (unpaired) electrons. The van der Waals surface area contributed by atoms with Crippen molar-refractivity contribution in [2.75, 3.05) is 40.4 Å². The van der Waals surface area contributed by atoms with Gasteiger partial charge in [0.15, 0.2) is 5.82 Å². The fourth-order valence-electron chi connectivity index (χ4n) is 5.54. The van der Waals surface area contributed by atoms with Crippen molar-refractivity contribution in [3.63, 3.8) is 0 Å². The van der Waals surface area contributed by atoms with Crippen molar-refractivity contribution in [1.82, 2.24) is 30.0 Å². The van der Waals surface area contributed by atoms with Gasteiger partial charge in [0.1, 0.15) is 11.5 Å². The summed E-state index contributed by atoms with van der Waals surface area (Å²) < 4.78 is 12.7. The van der Waals surface area contributed by atoms with Crippen LogP contribution < -0.4 is 9.47 Å². The van der Waals surface area contributed by atoms with E-state index in [1.807, 2.05) is 28.9 Å². The molecule has 1 aromatic heterocycles. The van der Waals surface area contributed by atoms with Crippen LogP contribution >= 0.6 is 0 Å². The van der Waals surface area contributed by atoms with Crippen LogP contribution in [0.1, 0.15) is 55.1 Å². The number of tetrazole rings is 1. The second kappa shape index (κ2) is 11.2. The van der Waals surface area contributed by atoms with Crippen molar-refractivity contribution in [1.29, 1.82) is 0 Å². The second-order valence-corrected chi connectivity index (χ2v) is 9.58. The molecule has 8 heteroatoms. The summed E-state index contributed by atoms with van der Waals surface area (Å²) in [4.78, 5) is 5.25. The van der Waals surface area contributed by atoms with Crippen LogP contribution in [-0.2, 0) is 6.54 Å². The monoisotopic (exact) mass is 476 g/mol. The summed E-state index contributed by atoms with van der Waals surface area (Å²) in [6.45, 7) is 4.81. The highest BCUT2D eigenvalue weighted by atomic mass is 16.5. The standard InChI is InChI=1S/C27H36N6O2/c1-34-24-12-8-21(9-13-24)20-33-27(28-29-30-33)26(22-10-14-25(35-2)15-11-22)32-18-16-31(17-19-32)23-6-4-3-5-7-23/h8-15,23,26H,3-7,16-20H2,1-2H3. The van der Waals surface area contributed by atoms with Crippen molar-refractivity contribution in [3.05, 3.63) is 65.5 Å². The van der Waals surface area contributed by atoms with Crippen LogP contribution in [0.15, 0.2) is 48.5 Å². The minimum atomic E-state index is -0.0114. The predicted molar refractivity (Wildman–Crippen MR) is 135 cm³/mol. The fourth-order valence-corrected chi connectivity index (χ4v) is 5.54. The molecule has 2 aliphatic rings. The van der Waals surface area contributed by atoms with E-state index in [9.17, 15) is 0 Å². The molecule has 186 valence electrons. The van der Waals surface area contributed by atoms with Crippen LogP contribution in [0.4, 0.5) is 0 Å². The zero-order chi connectivity index (χ0) is 24.0. The Hall–Kier alpha value is -2.97. The minimum Gasteiger partial charge on any atom is -0.497 e. The molecule has 1 unspecified atom stereocenters. The highest BCUT2D eigenvalue weighted by molar-refractivity contribution is 5.32. The molecule has 5 rings (SSSR count). The van der Waals surface area contributed by atoms with Gasteiger partial charge in [-0.05, 0) is 58.7 Å². The predicted octanol–water partition coefficient (Wildman–Crippen LogP) is 3.78. The van der Waals surface area contributed by atoms with E-state index in [0.29, 0.717) is 6.54 Å². The molecule has 0 bridgehead atoms. The first kappa shape index (κ1) is 23.8. The number of nitrogens with zero attached hydrogens (tertiary/aromatic N) is 6. The number of hydrogen-bond acceptors (Lipinski definition) is 7. The first-order chi connectivity index (χ1) is 17.2. The molecule has 0 N–H and O–H groups in total. The number of hydrogen-bond donors (Lipinski definition) is 0. The largest absolute Gasteiger partial charge is 0.497 e. The topological polar surface area (TPSA) is 68.5 Å². The number of ether oxygens (including phenoxy) is 2. The van der Waals surface area contributed by atoms with Gasteiger partial charge in [0.05, 0.1) is 26.8 Å². The van der Waals surface area contributed by atoms with Gasteiger partial charge in [-0.2, -0.15) is 0 Å². The third kappa shape index (κ3) is 5.49. The lowest BCUT2D eigenvalue weighted by molar-refractivity contribution is 0.0620. The van der Waals surface area contributed by atoms with Crippen molar-refractivity contribution in [2.24, 2.45) is 0 Å². The summed E-state index contributed by atoms with van der Waals surface area (Å²) in [6, 6.07) is 17.2. The quantitative estimate of drug-likeness (QED) is 0.490. The minimum absolute atomic E-state index is 0.0114. The average Bonchev–Trinajstić information content (AvgIpc) is 3.38. The van der Waals surface area contributed by atoms with Gasteiger partial charge in [-0.3, -0.25) is 9.80 Å². The third-order valence-corrected chi connectivity index (χ3v) is 7.53. The molecule has 1 saturated heterocycles. The Kier molecular flexibility index (Phi) is 7.59. The zero-order valence-corrected chi connectivity index (χ0v) is 20.8. The van der Waals surface area contributed by atoms with E-state index in [1.54, 1.807) is 14.2 Å². The summed E-state index contributed by atoms with van der Waals surface area (Å²) in [5.41, 5.74) is 2.32. The summed E-state index contributed by atoms with van der Waals surface area (Å²) in [5, 5.41) is 13.0. The Morgan fingerprint density at radius 2 is 1.46 bits per heavy atom. The number of aromatic nitrogens is 4. The molecular formula is C27H36N6O2. The Bertz CT molecular complexity index is 1050. The van der Waals surface area contributed by atoms with Gasteiger partial charge < -0.3 is 9.47 Å². The van der Waals surface area contributed by atoms with E-state index in [-0.39, 0.29) is 6.04 Å². The smallest absolute Gasteiger partial charge is 0.173 e. The Morgan fingerprint density at radius 1 is 0.829 bits per heavy atom. The zero-order valence-electron chi connectivity index (χ0n) is 20.8. The van der Waals surface area contributed by atoms with Crippen LogP contribution in [0.25, 0.3) is 0 Å². The van der Waals surface area contributed by atoms with E-state index >= 15 is 0 Å². The fraction of sp³-hybridized carbons (Fsp3) is 0.519. The lowest BCUT2D eigenvalue weighted by Crippen LogP contribution is -2.52. The summed E-state index contributed by atoms with van der Waals surface area (Å²) >= 11 is 0. The van der Waals surface area contributed by atoms with Crippen molar-refractivity contribution < 1.29 is 9.47 Å². The molecule has 1 saturated carbocycles. The molecule has 1 atom stereocenters. The number of methoxy groups -OCH3 is 2. The maximum Gasteiger partial charge on any atom is 0.173 e. The summed E-state index contributed by atoms with van der Waals surface area (Å²) in [7, 11) is 3.38. The SMILES string of the molecule is COc1ccc(Cn2nnnc2C(c2ccc(OC)cc2)N2CCN(C3CCCCC3)CC2)cc1. The van der Waals surface area contributed by atoms with Gasteiger partial charge in [0.2, 0.25) is 0 Å². The van der Waals surface area contributed by atoms with Crippen molar-refractivity contribution >= 4 is 0 Å². The van der Waals surface area contributed by atoms with Crippen LogP contribution in [0.3, 0.4) is 0 Å². The normalized spacial score (nSPS) is 18.9. The Labute approximate surface area is 207 Å². The van der Waals surface area contributed by atoms with Crippen LogP contribution in [-0.4, -0.2) is 76.4 Å². The van der Waals surface area contributed by atoms with Gasteiger partial charge in [-0.25, -0.2) is 4.68 Å². The molecular weight excluding hydrogens is 440 g/mol. The maximum absolute atomic E-state index is 5.41. The second-order valence-electron chi connectivity index (χ2n) is 9.58. The van der Waals surface area contributed by atoms with Crippen molar-refractivity contribution in [3.8, 4) is 11.5 Å². The van der Waals surface area contributed by atoms with E-state index in [0.717, 1.165) is 55.1 Å². The molecule has 0 amide bonds. The lowest BCUT2D eigenvalue weighted by Gasteiger charge is -2.43. The summed E-state index contributed by atoms with van der Waals surface area (Å²) in [6.07, 6.45) is 6.84. The molecule has 35 heavy (non-hydrogen) atoms. The van der Waals surface area contributed by atoms with Crippen LogP contribution in [0, 0.1) is 0 Å². The number of rotatable bonds is 8. The third-order valence-electron chi connectivity index (χ3n) is 7.53. The maximum atomic E-state index is 5.41. The van der Waals surface area contributed by atoms with Gasteiger partial charge in [0, 0.05) is 32.2 Å². The highest BCUT2D eigenvalue weighted by Gasteiger charge is 2.32. The van der Waals surface area contributed by atoms with E-state index in [2.05, 4.69) is 49.6 Å². The first-order valence-corrected chi connectivity index (χ1v) is 12.8. The Balaban J connectivity index is 1.39. The lowest BCUT2D eigenvalue weighted by atomic mass is 9.93. The average molecular weight is 477 g/mol. The first-order valence-electron chi connectivity index (χ1n) is 12.8. The summed E-state index contributed by atoms with van der Waals surface area (Å²) in [5.74, 6) is 2.57. The van der Waals surface area contributed by atoms with Gasteiger partial charge in [-0.15, -0.1) is 5.10 Å². The molecule has 2 aromatic carbocycles. The van der Waals surface area contributed by atoms with Crippen LogP contribution in [0.2, 0.25) is 0 Å². The molecule has 1 aliphatic carbocycles.